The molecule has 13 heavy (non-hydrogen) atoms. The normalized spacial score (nSPS) is 15.3. The summed E-state index contributed by atoms with van der Waals surface area (Å²) in [6.45, 7) is 4.79. The summed E-state index contributed by atoms with van der Waals surface area (Å²) >= 11 is 0. The highest BCUT2D eigenvalue weighted by Crippen LogP contribution is 2.18. The zero-order chi connectivity index (χ0) is 10.3. The van der Waals surface area contributed by atoms with Crippen molar-refractivity contribution in [3.63, 3.8) is 0 Å². The van der Waals surface area contributed by atoms with Crippen LogP contribution >= 0.6 is 0 Å². The molecule has 0 rings (SSSR count). The van der Waals surface area contributed by atoms with Crippen LogP contribution in [0, 0.1) is 11.8 Å². The Morgan fingerprint density at radius 1 is 1.54 bits per heavy atom. The van der Waals surface area contributed by atoms with Gasteiger partial charge < -0.3 is 10.8 Å². The van der Waals surface area contributed by atoms with Gasteiger partial charge in [0.1, 0.15) is 0 Å². The lowest BCUT2D eigenvalue weighted by Gasteiger charge is -2.17. The van der Waals surface area contributed by atoms with Crippen LogP contribution in [-0.2, 0) is 4.79 Å². The maximum atomic E-state index is 10.5. The molecule has 0 bridgehead atoms. The van der Waals surface area contributed by atoms with Gasteiger partial charge in [0.2, 0.25) is 0 Å². The molecule has 0 saturated carbocycles. The van der Waals surface area contributed by atoms with E-state index in [1.54, 1.807) is 0 Å². The predicted molar refractivity (Wildman–Crippen MR) is 53.5 cm³/mol. The summed E-state index contributed by atoms with van der Waals surface area (Å²) in [5.74, 6) is 0.0103. The van der Waals surface area contributed by atoms with Crippen molar-refractivity contribution in [1.82, 2.24) is 0 Å². The molecule has 0 unspecified atom stereocenters. The molecule has 78 valence electrons. The molecule has 0 aliphatic rings. The largest absolute Gasteiger partial charge is 0.481 e. The van der Waals surface area contributed by atoms with E-state index in [2.05, 4.69) is 13.8 Å². The molecule has 3 heteroatoms. The second kappa shape index (κ2) is 6.89. The molecular formula is C10H21NO2. The van der Waals surface area contributed by atoms with Crippen LogP contribution in [0.1, 0.15) is 39.5 Å². The van der Waals surface area contributed by atoms with E-state index < -0.39 is 5.97 Å². The Balaban J connectivity index is 3.75. The molecule has 0 aromatic carbocycles. The lowest BCUT2D eigenvalue weighted by Crippen LogP contribution is -2.20. The first-order valence-electron chi connectivity index (χ1n) is 5.02. The van der Waals surface area contributed by atoms with Crippen molar-refractivity contribution >= 4 is 5.97 Å². The standard InChI is InChI=1S/C10H21NO2/c1-3-4-8(2)5-9(7-11)6-10(12)13/h8-9H,3-7,11H2,1-2H3,(H,12,13)/t8-,9+/m0/s1. The molecular weight excluding hydrogens is 166 g/mol. The first-order chi connectivity index (χ1) is 6.10. The van der Waals surface area contributed by atoms with Crippen molar-refractivity contribution < 1.29 is 9.90 Å². The number of carbonyl (C=O) groups is 1. The van der Waals surface area contributed by atoms with Gasteiger partial charge in [-0.2, -0.15) is 0 Å². The minimum Gasteiger partial charge on any atom is -0.481 e. The Labute approximate surface area is 80.3 Å². The van der Waals surface area contributed by atoms with E-state index in [0.29, 0.717) is 12.5 Å². The van der Waals surface area contributed by atoms with Gasteiger partial charge >= 0.3 is 5.97 Å². The van der Waals surface area contributed by atoms with Gasteiger partial charge in [0, 0.05) is 6.42 Å². The van der Waals surface area contributed by atoms with Crippen molar-refractivity contribution in [3.8, 4) is 0 Å². The highest BCUT2D eigenvalue weighted by molar-refractivity contribution is 5.67. The minimum absolute atomic E-state index is 0.152. The van der Waals surface area contributed by atoms with Crippen molar-refractivity contribution in [2.45, 2.75) is 39.5 Å². The molecule has 3 N–H and O–H groups in total. The summed E-state index contributed by atoms with van der Waals surface area (Å²) in [5.41, 5.74) is 5.50. The average Bonchev–Trinajstić information content (AvgIpc) is 2.02. The van der Waals surface area contributed by atoms with E-state index >= 15 is 0 Å². The number of aliphatic carboxylic acids is 1. The van der Waals surface area contributed by atoms with Crippen LogP contribution in [0.4, 0.5) is 0 Å². The van der Waals surface area contributed by atoms with E-state index in [1.165, 1.54) is 0 Å². The monoisotopic (exact) mass is 187 g/mol. The maximum absolute atomic E-state index is 10.5. The topological polar surface area (TPSA) is 63.3 Å². The molecule has 0 spiro atoms. The summed E-state index contributed by atoms with van der Waals surface area (Å²) in [6.07, 6.45) is 3.48. The molecule has 0 aliphatic heterocycles. The van der Waals surface area contributed by atoms with Crippen molar-refractivity contribution in [3.05, 3.63) is 0 Å². The third-order valence-corrected chi connectivity index (χ3v) is 2.31. The highest BCUT2D eigenvalue weighted by atomic mass is 16.4. The lowest BCUT2D eigenvalue weighted by atomic mass is 9.90. The second-order valence-electron chi connectivity index (χ2n) is 3.83. The number of carboxylic acid groups (broad SMARTS) is 1. The second-order valence-corrected chi connectivity index (χ2v) is 3.83. The molecule has 0 radical (unpaired) electrons. The van der Waals surface area contributed by atoms with Crippen LogP contribution in [0.2, 0.25) is 0 Å². The van der Waals surface area contributed by atoms with Crippen LogP contribution in [0.5, 0.6) is 0 Å². The minimum atomic E-state index is -0.737. The van der Waals surface area contributed by atoms with Crippen LogP contribution < -0.4 is 5.73 Å². The molecule has 0 amide bonds. The first kappa shape index (κ1) is 12.4. The summed E-state index contributed by atoms with van der Waals surface area (Å²) in [5, 5.41) is 8.60. The van der Waals surface area contributed by atoms with Gasteiger partial charge in [0.05, 0.1) is 0 Å². The highest BCUT2D eigenvalue weighted by Gasteiger charge is 2.14. The zero-order valence-electron chi connectivity index (χ0n) is 8.62. The third-order valence-electron chi connectivity index (χ3n) is 2.31. The van der Waals surface area contributed by atoms with E-state index in [4.69, 9.17) is 10.8 Å². The SMILES string of the molecule is CCC[C@H](C)C[C@@H](CN)CC(=O)O. The number of rotatable bonds is 7. The fraction of sp³-hybridized carbons (Fsp3) is 0.900. The van der Waals surface area contributed by atoms with Gasteiger partial charge in [0.15, 0.2) is 0 Å². The Morgan fingerprint density at radius 2 is 2.15 bits per heavy atom. The maximum Gasteiger partial charge on any atom is 0.303 e. The third kappa shape index (κ3) is 6.58. The number of nitrogens with two attached hydrogens (primary N) is 1. The summed E-state index contributed by atoms with van der Waals surface area (Å²) < 4.78 is 0. The van der Waals surface area contributed by atoms with Gasteiger partial charge in [-0.3, -0.25) is 4.79 Å². The molecule has 0 heterocycles. The van der Waals surface area contributed by atoms with Crippen molar-refractivity contribution in [2.24, 2.45) is 17.6 Å². The van der Waals surface area contributed by atoms with Crippen molar-refractivity contribution in [2.75, 3.05) is 6.54 Å². The van der Waals surface area contributed by atoms with E-state index in [0.717, 1.165) is 19.3 Å². The Hall–Kier alpha value is -0.570. The quantitative estimate of drug-likeness (QED) is 0.639. The Bertz CT molecular complexity index is 148. The van der Waals surface area contributed by atoms with Crippen LogP contribution in [0.3, 0.4) is 0 Å². The molecule has 0 aromatic heterocycles. The number of hydrogen-bond acceptors (Lipinski definition) is 2. The summed E-state index contributed by atoms with van der Waals surface area (Å²) in [6, 6.07) is 0. The first-order valence-corrected chi connectivity index (χ1v) is 5.02. The van der Waals surface area contributed by atoms with Crippen molar-refractivity contribution in [1.29, 1.82) is 0 Å². The van der Waals surface area contributed by atoms with E-state index in [1.807, 2.05) is 0 Å². The molecule has 0 saturated heterocycles. The Kier molecular flexibility index (Phi) is 6.59. The molecule has 2 atom stereocenters. The van der Waals surface area contributed by atoms with Gasteiger partial charge in [-0.05, 0) is 24.8 Å². The Morgan fingerprint density at radius 3 is 2.54 bits per heavy atom. The average molecular weight is 187 g/mol. The zero-order valence-corrected chi connectivity index (χ0v) is 8.62. The van der Waals surface area contributed by atoms with Crippen LogP contribution in [0.15, 0.2) is 0 Å². The van der Waals surface area contributed by atoms with Gasteiger partial charge in [-0.1, -0.05) is 26.7 Å². The number of hydrogen-bond donors (Lipinski definition) is 2. The number of carboxylic acids is 1. The molecule has 0 fully saturated rings. The van der Waals surface area contributed by atoms with Gasteiger partial charge in [-0.25, -0.2) is 0 Å². The molecule has 0 aliphatic carbocycles. The van der Waals surface area contributed by atoms with Crippen LogP contribution in [-0.4, -0.2) is 17.6 Å². The molecule has 3 nitrogen and oxygen atoms in total. The lowest BCUT2D eigenvalue weighted by molar-refractivity contribution is -0.138. The predicted octanol–water partition coefficient (Wildman–Crippen LogP) is 1.86. The van der Waals surface area contributed by atoms with E-state index in [9.17, 15) is 4.79 Å². The fourth-order valence-corrected chi connectivity index (χ4v) is 1.69. The molecule has 0 aromatic rings. The summed E-state index contributed by atoms with van der Waals surface area (Å²) in [4.78, 5) is 10.5. The summed E-state index contributed by atoms with van der Waals surface area (Å²) in [7, 11) is 0. The smallest absolute Gasteiger partial charge is 0.303 e. The van der Waals surface area contributed by atoms with E-state index in [-0.39, 0.29) is 12.3 Å². The fourth-order valence-electron chi connectivity index (χ4n) is 1.69. The van der Waals surface area contributed by atoms with Crippen LogP contribution in [0.25, 0.3) is 0 Å². The van der Waals surface area contributed by atoms with Gasteiger partial charge in [0.25, 0.3) is 0 Å². The van der Waals surface area contributed by atoms with Gasteiger partial charge in [-0.15, -0.1) is 0 Å².